The summed E-state index contributed by atoms with van der Waals surface area (Å²) < 4.78 is 5.21. The largest absolute Gasteiger partial charge is 0.495 e. The molecule has 0 fully saturated rings. The van der Waals surface area contributed by atoms with E-state index in [0.29, 0.717) is 16.5 Å². The molecule has 4 nitrogen and oxygen atoms in total. The molecule has 0 radical (unpaired) electrons. The number of methoxy groups -OCH3 is 1. The average molecular weight is 270 g/mol. The number of aryl methyl sites for hydroxylation is 1. The van der Waals surface area contributed by atoms with Crippen molar-refractivity contribution in [1.82, 2.24) is 0 Å². The zero-order valence-electron chi connectivity index (χ0n) is 10.9. The van der Waals surface area contributed by atoms with E-state index in [1.165, 1.54) is 14.0 Å². The van der Waals surface area contributed by atoms with Gasteiger partial charge < -0.3 is 10.1 Å². The smallest absolute Gasteiger partial charge is 0.231 e. The van der Waals surface area contributed by atoms with E-state index in [9.17, 15) is 9.59 Å². The topological polar surface area (TPSA) is 55.4 Å². The predicted octanol–water partition coefficient (Wildman–Crippen LogP) is 2.88. The van der Waals surface area contributed by atoms with Gasteiger partial charge in [-0.2, -0.15) is 0 Å². The summed E-state index contributed by atoms with van der Waals surface area (Å²) in [5.74, 6) is -0.0301. The second kappa shape index (κ2) is 5.87. The third-order valence-corrected chi connectivity index (χ3v) is 3.12. The SMILES string of the molecule is COc1cc(C)c(Cl)c(C)c1NC(=O)CC(C)=O. The number of ether oxygens (including phenoxy) is 1. The van der Waals surface area contributed by atoms with E-state index in [-0.39, 0.29) is 18.1 Å². The van der Waals surface area contributed by atoms with Crippen molar-refractivity contribution < 1.29 is 14.3 Å². The van der Waals surface area contributed by atoms with Crippen LogP contribution >= 0.6 is 11.6 Å². The second-order valence-corrected chi connectivity index (χ2v) is 4.51. The fourth-order valence-corrected chi connectivity index (χ4v) is 1.80. The highest BCUT2D eigenvalue weighted by Gasteiger charge is 2.15. The lowest BCUT2D eigenvalue weighted by Gasteiger charge is -2.15. The number of hydrogen-bond donors (Lipinski definition) is 1. The Bertz CT molecular complexity index is 497. The van der Waals surface area contributed by atoms with Crippen LogP contribution in [0.2, 0.25) is 5.02 Å². The maximum Gasteiger partial charge on any atom is 0.231 e. The van der Waals surface area contributed by atoms with Gasteiger partial charge >= 0.3 is 0 Å². The number of ketones is 1. The van der Waals surface area contributed by atoms with Gasteiger partial charge in [0.2, 0.25) is 5.91 Å². The Labute approximate surface area is 111 Å². The molecule has 0 aliphatic carbocycles. The lowest BCUT2D eigenvalue weighted by Crippen LogP contribution is -2.16. The maximum absolute atomic E-state index is 11.6. The summed E-state index contributed by atoms with van der Waals surface area (Å²) in [5.41, 5.74) is 2.11. The van der Waals surface area contributed by atoms with Crippen molar-refractivity contribution in [3.63, 3.8) is 0 Å². The molecule has 1 N–H and O–H groups in total. The number of rotatable bonds is 4. The van der Waals surface area contributed by atoms with Crippen molar-refractivity contribution in [1.29, 1.82) is 0 Å². The van der Waals surface area contributed by atoms with Gasteiger partial charge in [0.05, 0.1) is 19.2 Å². The number of amides is 1. The first-order chi connectivity index (χ1) is 8.36. The summed E-state index contributed by atoms with van der Waals surface area (Å²) >= 11 is 6.13. The van der Waals surface area contributed by atoms with Crippen LogP contribution in [0.15, 0.2) is 6.07 Å². The minimum Gasteiger partial charge on any atom is -0.495 e. The highest BCUT2D eigenvalue weighted by molar-refractivity contribution is 6.32. The molecule has 0 aromatic heterocycles. The zero-order chi connectivity index (χ0) is 13.9. The van der Waals surface area contributed by atoms with Crippen molar-refractivity contribution >= 4 is 29.0 Å². The van der Waals surface area contributed by atoms with Gasteiger partial charge in [0.15, 0.2) is 0 Å². The summed E-state index contributed by atoms with van der Waals surface area (Å²) in [5, 5.41) is 3.24. The minimum atomic E-state index is -0.371. The Kier molecular flexibility index (Phi) is 4.73. The van der Waals surface area contributed by atoms with Gasteiger partial charge in [0, 0.05) is 5.02 Å². The lowest BCUT2D eigenvalue weighted by molar-refractivity contribution is -0.124. The summed E-state index contributed by atoms with van der Waals surface area (Å²) in [4.78, 5) is 22.5. The van der Waals surface area contributed by atoms with Crippen LogP contribution < -0.4 is 10.1 Å². The molecule has 0 unspecified atom stereocenters. The fourth-order valence-electron chi connectivity index (χ4n) is 1.65. The van der Waals surface area contributed by atoms with Gasteiger partial charge in [0.25, 0.3) is 0 Å². The molecule has 5 heteroatoms. The summed E-state index contributed by atoms with van der Waals surface area (Å²) in [6.07, 6.45) is -0.159. The summed E-state index contributed by atoms with van der Waals surface area (Å²) in [6.45, 7) is 5.02. The number of carbonyl (C=O) groups is 2. The van der Waals surface area contributed by atoms with Crippen LogP contribution in [0, 0.1) is 13.8 Å². The van der Waals surface area contributed by atoms with Crippen molar-refractivity contribution in [3.8, 4) is 5.75 Å². The molecule has 1 rings (SSSR count). The molecule has 18 heavy (non-hydrogen) atoms. The van der Waals surface area contributed by atoms with E-state index < -0.39 is 0 Å². The van der Waals surface area contributed by atoms with Crippen LogP contribution in [0.1, 0.15) is 24.5 Å². The van der Waals surface area contributed by atoms with Gasteiger partial charge in [-0.15, -0.1) is 0 Å². The highest BCUT2D eigenvalue weighted by Crippen LogP contribution is 2.35. The molecule has 0 bridgehead atoms. The Balaban J connectivity index is 3.11. The van der Waals surface area contributed by atoms with Gasteiger partial charge in [0.1, 0.15) is 11.5 Å². The van der Waals surface area contributed by atoms with Crippen molar-refractivity contribution in [2.45, 2.75) is 27.2 Å². The Hall–Kier alpha value is -1.55. The fraction of sp³-hybridized carbons (Fsp3) is 0.385. The molecular weight excluding hydrogens is 254 g/mol. The molecule has 1 aromatic rings. The molecule has 0 aliphatic heterocycles. The van der Waals surface area contributed by atoms with E-state index in [0.717, 1.165) is 11.1 Å². The number of carbonyl (C=O) groups excluding carboxylic acids is 2. The van der Waals surface area contributed by atoms with Gasteiger partial charge in [-0.3, -0.25) is 9.59 Å². The molecule has 1 aromatic carbocycles. The van der Waals surface area contributed by atoms with E-state index in [2.05, 4.69) is 5.32 Å². The predicted molar refractivity (Wildman–Crippen MR) is 71.4 cm³/mol. The molecule has 0 aliphatic rings. The Morgan fingerprint density at radius 1 is 1.39 bits per heavy atom. The Morgan fingerprint density at radius 3 is 2.50 bits per heavy atom. The van der Waals surface area contributed by atoms with Crippen LogP contribution in [0.3, 0.4) is 0 Å². The van der Waals surface area contributed by atoms with Crippen molar-refractivity contribution in [2.24, 2.45) is 0 Å². The van der Waals surface area contributed by atoms with Gasteiger partial charge in [-0.05, 0) is 38.0 Å². The molecule has 1 amide bonds. The number of hydrogen-bond acceptors (Lipinski definition) is 3. The summed E-state index contributed by atoms with van der Waals surface area (Å²) in [6, 6.07) is 1.75. The number of Topliss-reactive ketones (excluding diaryl/α,β-unsaturated/α-hetero) is 1. The van der Waals surface area contributed by atoms with Gasteiger partial charge in [-0.1, -0.05) is 11.6 Å². The molecule has 0 spiro atoms. The van der Waals surface area contributed by atoms with Gasteiger partial charge in [-0.25, -0.2) is 0 Å². The third kappa shape index (κ3) is 3.23. The average Bonchev–Trinajstić information content (AvgIpc) is 2.28. The van der Waals surface area contributed by atoms with E-state index in [4.69, 9.17) is 16.3 Å². The number of benzene rings is 1. The number of halogens is 1. The molecule has 0 saturated carbocycles. The quantitative estimate of drug-likeness (QED) is 0.855. The molecule has 0 atom stereocenters. The monoisotopic (exact) mass is 269 g/mol. The first-order valence-electron chi connectivity index (χ1n) is 5.49. The molecule has 0 heterocycles. The second-order valence-electron chi connectivity index (χ2n) is 4.14. The standard InChI is InChI=1S/C13H16ClNO3/c1-7-5-10(18-4)13(9(3)12(7)14)15-11(17)6-8(2)16/h5H,6H2,1-4H3,(H,15,17). The van der Waals surface area contributed by atoms with E-state index in [1.54, 1.807) is 13.0 Å². The van der Waals surface area contributed by atoms with Crippen LogP contribution in [-0.2, 0) is 9.59 Å². The number of anilines is 1. The lowest BCUT2D eigenvalue weighted by atomic mass is 10.1. The van der Waals surface area contributed by atoms with Crippen LogP contribution in [0.4, 0.5) is 5.69 Å². The normalized spacial score (nSPS) is 10.1. The van der Waals surface area contributed by atoms with E-state index in [1.807, 2.05) is 6.92 Å². The first kappa shape index (κ1) is 14.5. The maximum atomic E-state index is 11.6. The summed E-state index contributed by atoms with van der Waals surface area (Å²) in [7, 11) is 1.52. The van der Waals surface area contributed by atoms with Crippen LogP contribution in [-0.4, -0.2) is 18.8 Å². The molecule has 98 valence electrons. The molecule has 0 saturated heterocycles. The van der Waals surface area contributed by atoms with Crippen LogP contribution in [0.5, 0.6) is 5.75 Å². The zero-order valence-corrected chi connectivity index (χ0v) is 11.6. The Morgan fingerprint density at radius 2 is 2.00 bits per heavy atom. The van der Waals surface area contributed by atoms with Crippen LogP contribution in [0.25, 0.3) is 0 Å². The van der Waals surface area contributed by atoms with Crippen molar-refractivity contribution in [2.75, 3.05) is 12.4 Å². The molecular formula is C13H16ClNO3. The van der Waals surface area contributed by atoms with Crippen molar-refractivity contribution in [3.05, 3.63) is 22.2 Å². The van der Waals surface area contributed by atoms with E-state index >= 15 is 0 Å². The first-order valence-corrected chi connectivity index (χ1v) is 5.87. The third-order valence-electron chi connectivity index (χ3n) is 2.54. The minimum absolute atomic E-state index is 0.159. The number of nitrogens with one attached hydrogen (secondary N) is 1. The highest BCUT2D eigenvalue weighted by atomic mass is 35.5.